The molecule has 0 aromatic heterocycles. The molecular weight excluding hydrogens is 284 g/mol. The molecule has 7 heteroatoms. The van der Waals surface area contributed by atoms with Gasteiger partial charge in [0.1, 0.15) is 5.75 Å². The summed E-state index contributed by atoms with van der Waals surface area (Å²) in [5, 5.41) is 9.42. The van der Waals surface area contributed by atoms with Gasteiger partial charge >= 0.3 is 0 Å². The molecule has 0 bridgehead atoms. The van der Waals surface area contributed by atoms with Crippen molar-refractivity contribution >= 4 is 23.2 Å². The average Bonchev–Trinajstić information content (AvgIpc) is 2.48. The highest BCUT2D eigenvalue weighted by Gasteiger charge is 2.27. The molecule has 1 fully saturated rings. The fourth-order valence-corrected chi connectivity index (χ4v) is 2.25. The predicted molar refractivity (Wildman–Crippen MR) is 75.1 cm³/mol. The molecule has 1 heterocycles. The number of carbonyl (C=O) groups is 1. The van der Waals surface area contributed by atoms with Crippen LogP contribution in [0.25, 0.3) is 0 Å². The maximum absolute atomic E-state index is 12.5. The second-order valence-corrected chi connectivity index (χ2v) is 4.91. The molecule has 1 amide bonds. The van der Waals surface area contributed by atoms with Gasteiger partial charge in [0.2, 0.25) is 0 Å². The first-order chi connectivity index (χ1) is 9.56. The highest BCUT2D eigenvalue weighted by Crippen LogP contribution is 2.30. The minimum Gasteiger partial charge on any atom is -0.496 e. The minimum atomic E-state index is -0.358. The van der Waals surface area contributed by atoms with E-state index in [0.29, 0.717) is 41.7 Å². The predicted octanol–water partition coefficient (Wildman–Crippen LogP) is 0.764. The van der Waals surface area contributed by atoms with Crippen molar-refractivity contribution in [3.63, 3.8) is 0 Å². The summed E-state index contributed by atoms with van der Waals surface area (Å²) >= 11 is 5.97. The third kappa shape index (κ3) is 2.98. The van der Waals surface area contributed by atoms with Crippen molar-refractivity contribution in [3.8, 4) is 5.75 Å². The first kappa shape index (κ1) is 14.9. The van der Waals surface area contributed by atoms with Crippen molar-refractivity contribution in [1.29, 1.82) is 0 Å². The summed E-state index contributed by atoms with van der Waals surface area (Å²) < 4.78 is 10.5. The number of methoxy groups -OCH3 is 1. The number of halogens is 1. The number of benzene rings is 1. The minimum absolute atomic E-state index is 0.122. The van der Waals surface area contributed by atoms with Gasteiger partial charge in [-0.05, 0) is 6.07 Å². The smallest absolute Gasteiger partial charge is 0.257 e. The largest absolute Gasteiger partial charge is 0.496 e. The van der Waals surface area contributed by atoms with Crippen molar-refractivity contribution in [2.75, 3.05) is 39.1 Å². The highest BCUT2D eigenvalue weighted by atomic mass is 35.5. The SMILES string of the molecule is COc1cc(N)c(Cl)cc1C(=O)N1CCOC(CO)C1. The monoisotopic (exact) mass is 300 g/mol. The Balaban J connectivity index is 2.26. The molecule has 1 aromatic carbocycles. The molecule has 0 saturated carbocycles. The third-order valence-electron chi connectivity index (χ3n) is 3.18. The topological polar surface area (TPSA) is 85.0 Å². The molecule has 6 nitrogen and oxygen atoms in total. The first-order valence-electron chi connectivity index (χ1n) is 6.21. The van der Waals surface area contributed by atoms with Crippen LogP contribution < -0.4 is 10.5 Å². The Morgan fingerprint density at radius 2 is 2.40 bits per heavy atom. The maximum Gasteiger partial charge on any atom is 0.257 e. The number of ether oxygens (including phenoxy) is 2. The summed E-state index contributed by atoms with van der Waals surface area (Å²) in [7, 11) is 1.47. The molecule has 2 rings (SSSR count). The van der Waals surface area contributed by atoms with Gasteiger partial charge in [-0.2, -0.15) is 0 Å². The molecular formula is C13H17ClN2O4. The molecule has 3 N–H and O–H groups in total. The van der Waals surface area contributed by atoms with E-state index in [4.69, 9.17) is 31.9 Å². The lowest BCUT2D eigenvalue weighted by Crippen LogP contribution is -2.47. The summed E-state index contributed by atoms with van der Waals surface area (Å²) in [5.74, 6) is 0.162. The van der Waals surface area contributed by atoms with Crippen molar-refractivity contribution < 1.29 is 19.4 Å². The molecule has 0 aliphatic carbocycles. The van der Waals surface area contributed by atoms with E-state index in [9.17, 15) is 4.79 Å². The lowest BCUT2D eigenvalue weighted by molar-refractivity contribution is -0.0447. The third-order valence-corrected chi connectivity index (χ3v) is 3.51. The Labute approximate surface area is 122 Å². The van der Waals surface area contributed by atoms with E-state index in [-0.39, 0.29) is 18.6 Å². The second-order valence-electron chi connectivity index (χ2n) is 4.50. The van der Waals surface area contributed by atoms with Crippen molar-refractivity contribution in [3.05, 3.63) is 22.7 Å². The zero-order valence-electron chi connectivity index (χ0n) is 11.1. The molecule has 1 aliphatic heterocycles. The number of nitrogen functional groups attached to an aromatic ring is 1. The van der Waals surface area contributed by atoms with Gasteiger partial charge in [-0.15, -0.1) is 0 Å². The molecule has 1 saturated heterocycles. The number of aliphatic hydroxyl groups excluding tert-OH is 1. The number of carbonyl (C=O) groups excluding carboxylic acids is 1. The van der Waals surface area contributed by atoms with Gasteiger partial charge in [0.15, 0.2) is 0 Å². The number of nitrogens with two attached hydrogens (primary N) is 1. The fourth-order valence-electron chi connectivity index (χ4n) is 2.09. The van der Waals surface area contributed by atoms with Crippen molar-refractivity contribution in [2.24, 2.45) is 0 Å². The maximum atomic E-state index is 12.5. The van der Waals surface area contributed by atoms with Crippen LogP contribution in [0.1, 0.15) is 10.4 Å². The fraction of sp³-hybridized carbons (Fsp3) is 0.462. The van der Waals surface area contributed by atoms with Gasteiger partial charge in [0.25, 0.3) is 5.91 Å². The van der Waals surface area contributed by atoms with Crippen LogP contribution in [-0.2, 0) is 4.74 Å². The van der Waals surface area contributed by atoms with E-state index in [1.165, 1.54) is 19.2 Å². The molecule has 20 heavy (non-hydrogen) atoms. The van der Waals surface area contributed by atoms with E-state index in [1.807, 2.05) is 0 Å². The number of hydrogen-bond donors (Lipinski definition) is 2. The van der Waals surface area contributed by atoms with Crippen LogP contribution in [0.4, 0.5) is 5.69 Å². The number of nitrogens with zero attached hydrogens (tertiary/aromatic N) is 1. The number of hydrogen-bond acceptors (Lipinski definition) is 5. The van der Waals surface area contributed by atoms with Crippen LogP contribution in [-0.4, -0.2) is 55.4 Å². The van der Waals surface area contributed by atoms with Crippen LogP contribution in [0, 0.1) is 0 Å². The average molecular weight is 301 g/mol. The van der Waals surface area contributed by atoms with E-state index in [2.05, 4.69) is 0 Å². The van der Waals surface area contributed by atoms with Crippen LogP contribution >= 0.6 is 11.6 Å². The number of amides is 1. The van der Waals surface area contributed by atoms with Gasteiger partial charge in [0, 0.05) is 19.2 Å². The van der Waals surface area contributed by atoms with Crippen LogP contribution in [0.2, 0.25) is 5.02 Å². The van der Waals surface area contributed by atoms with Crippen molar-refractivity contribution in [2.45, 2.75) is 6.10 Å². The Bertz CT molecular complexity index is 509. The van der Waals surface area contributed by atoms with E-state index in [0.717, 1.165) is 0 Å². The Morgan fingerprint density at radius 3 is 3.05 bits per heavy atom. The van der Waals surface area contributed by atoms with Crippen LogP contribution in [0.15, 0.2) is 12.1 Å². The molecule has 1 atom stereocenters. The molecule has 1 aliphatic rings. The van der Waals surface area contributed by atoms with E-state index in [1.54, 1.807) is 4.90 Å². The summed E-state index contributed by atoms with van der Waals surface area (Å²) in [5.41, 5.74) is 6.41. The number of rotatable bonds is 3. The molecule has 0 radical (unpaired) electrons. The molecule has 1 unspecified atom stereocenters. The van der Waals surface area contributed by atoms with Gasteiger partial charge in [-0.1, -0.05) is 11.6 Å². The summed E-state index contributed by atoms with van der Waals surface area (Å²) in [6.07, 6.45) is -0.358. The van der Waals surface area contributed by atoms with Gasteiger partial charge in [-0.25, -0.2) is 0 Å². The zero-order chi connectivity index (χ0) is 14.7. The lowest BCUT2D eigenvalue weighted by atomic mass is 10.1. The molecule has 110 valence electrons. The van der Waals surface area contributed by atoms with Gasteiger partial charge < -0.3 is 25.2 Å². The zero-order valence-corrected chi connectivity index (χ0v) is 11.9. The number of aliphatic hydroxyl groups is 1. The van der Waals surface area contributed by atoms with Crippen LogP contribution in [0.3, 0.4) is 0 Å². The Hall–Kier alpha value is -1.50. The van der Waals surface area contributed by atoms with Gasteiger partial charge in [-0.3, -0.25) is 4.79 Å². The molecule has 1 aromatic rings. The lowest BCUT2D eigenvalue weighted by Gasteiger charge is -2.32. The van der Waals surface area contributed by atoms with Crippen molar-refractivity contribution in [1.82, 2.24) is 4.90 Å². The second kappa shape index (κ2) is 6.30. The number of morpholine rings is 1. The number of anilines is 1. The highest BCUT2D eigenvalue weighted by molar-refractivity contribution is 6.33. The Kier molecular flexibility index (Phi) is 4.69. The summed E-state index contributed by atoms with van der Waals surface area (Å²) in [4.78, 5) is 14.1. The Morgan fingerprint density at radius 1 is 1.65 bits per heavy atom. The van der Waals surface area contributed by atoms with E-state index < -0.39 is 0 Å². The standard InChI is InChI=1S/C13H17ClN2O4/c1-19-12-5-11(15)10(14)4-9(12)13(18)16-2-3-20-8(6-16)7-17/h4-5,8,17H,2-3,6-7,15H2,1H3. The summed E-state index contributed by atoms with van der Waals surface area (Å²) in [6.45, 7) is 1.06. The van der Waals surface area contributed by atoms with E-state index >= 15 is 0 Å². The first-order valence-corrected chi connectivity index (χ1v) is 6.59. The summed E-state index contributed by atoms with van der Waals surface area (Å²) in [6, 6.07) is 3.03. The van der Waals surface area contributed by atoms with Gasteiger partial charge in [0.05, 0.1) is 42.7 Å². The normalized spacial score (nSPS) is 18.9. The quantitative estimate of drug-likeness (QED) is 0.805. The molecule has 0 spiro atoms. The van der Waals surface area contributed by atoms with Crippen LogP contribution in [0.5, 0.6) is 5.75 Å².